The van der Waals surface area contributed by atoms with Gasteiger partial charge >= 0.3 is 0 Å². The number of carbonyl (C=O) groups is 2. The first-order chi connectivity index (χ1) is 13.9. The first kappa shape index (κ1) is 21.3. The number of hydrogen-bond donors (Lipinski definition) is 1. The van der Waals surface area contributed by atoms with E-state index in [1.807, 2.05) is 26.0 Å². The van der Waals surface area contributed by atoms with Gasteiger partial charge < -0.3 is 10.2 Å². The number of aromatic nitrogens is 3. The number of likely N-dealkylation sites (tertiary alicyclic amines) is 1. The fourth-order valence-electron chi connectivity index (χ4n) is 3.65. The molecule has 1 fully saturated rings. The number of nitrogens with zero attached hydrogens (tertiary/aromatic N) is 4. The average molecular weight is 418 g/mol. The molecule has 1 aromatic carbocycles. The number of rotatable bonds is 6. The molecule has 1 aliphatic heterocycles. The number of nitrogens with one attached hydrogen (secondary N) is 1. The van der Waals surface area contributed by atoms with E-state index in [9.17, 15) is 9.59 Å². The summed E-state index contributed by atoms with van der Waals surface area (Å²) in [4.78, 5) is 27.5. The van der Waals surface area contributed by atoms with Crippen molar-refractivity contribution in [3.8, 4) is 5.69 Å². The van der Waals surface area contributed by atoms with Crippen LogP contribution < -0.4 is 5.32 Å². The maximum Gasteiger partial charge on any atom is 0.276 e. The second kappa shape index (κ2) is 9.39. The molecule has 2 heterocycles. The molecule has 0 radical (unpaired) electrons. The van der Waals surface area contributed by atoms with E-state index in [-0.39, 0.29) is 23.8 Å². The molecular weight excluding hydrogens is 390 g/mol. The third-order valence-electron chi connectivity index (χ3n) is 5.49. The second-order valence-electron chi connectivity index (χ2n) is 7.64. The largest absolute Gasteiger partial charge is 0.356 e. The van der Waals surface area contributed by atoms with Crippen LogP contribution in [0, 0.1) is 12.8 Å². The van der Waals surface area contributed by atoms with Crippen molar-refractivity contribution in [2.45, 2.75) is 52.5 Å². The molecule has 2 unspecified atom stereocenters. The van der Waals surface area contributed by atoms with Gasteiger partial charge in [-0.2, -0.15) is 0 Å². The summed E-state index contributed by atoms with van der Waals surface area (Å²) in [6, 6.07) is 7.30. The van der Waals surface area contributed by atoms with Gasteiger partial charge in [-0.3, -0.25) is 9.59 Å². The summed E-state index contributed by atoms with van der Waals surface area (Å²) in [5, 5.41) is 11.9. The molecule has 1 aliphatic rings. The Balaban J connectivity index is 1.76. The lowest BCUT2D eigenvalue weighted by molar-refractivity contribution is -0.126. The lowest BCUT2D eigenvalue weighted by Gasteiger charge is -2.37. The highest BCUT2D eigenvalue weighted by molar-refractivity contribution is 6.30. The summed E-state index contributed by atoms with van der Waals surface area (Å²) >= 11 is 6.07. The zero-order chi connectivity index (χ0) is 21.0. The number of benzene rings is 1. The van der Waals surface area contributed by atoms with Crippen LogP contribution in [0.15, 0.2) is 24.3 Å². The fraction of sp³-hybridized carbons (Fsp3) is 0.524. The molecule has 0 bridgehead atoms. The third kappa shape index (κ3) is 4.78. The van der Waals surface area contributed by atoms with E-state index >= 15 is 0 Å². The van der Waals surface area contributed by atoms with Crippen molar-refractivity contribution >= 4 is 23.4 Å². The van der Waals surface area contributed by atoms with Crippen LogP contribution in [0.1, 0.15) is 55.7 Å². The molecule has 0 saturated carbocycles. The first-order valence-corrected chi connectivity index (χ1v) is 10.6. The van der Waals surface area contributed by atoms with Crippen LogP contribution in [0.5, 0.6) is 0 Å². The summed E-state index contributed by atoms with van der Waals surface area (Å²) in [5.41, 5.74) is 1.71. The maximum absolute atomic E-state index is 13.2. The Labute approximate surface area is 176 Å². The smallest absolute Gasteiger partial charge is 0.276 e. The lowest BCUT2D eigenvalue weighted by atomic mass is 9.92. The van der Waals surface area contributed by atoms with Gasteiger partial charge in [-0.25, -0.2) is 4.68 Å². The van der Waals surface area contributed by atoms with Gasteiger partial charge in [0.25, 0.3) is 5.91 Å². The normalized spacial score (nSPS) is 19.2. The van der Waals surface area contributed by atoms with Crippen molar-refractivity contribution in [1.82, 2.24) is 25.2 Å². The minimum Gasteiger partial charge on any atom is -0.356 e. The predicted molar refractivity (Wildman–Crippen MR) is 112 cm³/mol. The number of amides is 2. The number of unbranched alkanes of at least 4 members (excludes halogenated alkanes) is 1. The highest BCUT2D eigenvalue weighted by atomic mass is 35.5. The van der Waals surface area contributed by atoms with Gasteiger partial charge in [0, 0.05) is 24.2 Å². The van der Waals surface area contributed by atoms with Crippen LogP contribution in [-0.2, 0) is 4.79 Å². The monoisotopic (exact) mass is 417 g/mol. The molecule has 3 rings (SSSR count). The average Bonchev–Trinajstić information content (AvgIpc) is 3.09. The van der Waals surface area contributed by atoms with E-state index in [1.54, 1.807) is 21.7 Å². The maximum atomic E-state index is 13.2. The molecule has 1 N–H and O–H groups in total. The molecule has 0 spiro atoms. The van der Waals surface area contributed by atoms with Crippen LogP contribution in [-0.4, -0.2) is 50.8 Å². The molecule has 29 heavy (non-hydrogen) atoms. The SMILES string of the molecule is CCCCNC(=O)C1CCC(C)N(C(=O)c2nnn(-c3cccc(Cl)c3)c2C)C1. The molecule has 2 amide bonds. The highest BCUT2D eigenvalue weighted by Gasteiger charge is 2.34. The minimum atomic E-state index is -0.186. The Morgan fingerprint density at radius 3 is 2.83 bits per heavy atom. The number of halogens is 1. The summed E-state index contributed by atoms with van der Waals surface area (Å²) < 4.78 is 1.61. The van der Waals surface area contributed by atoms with Crippen molar-refractivity contribution in [1.29, 1.82) is 0 Å². The predicted octanol–water partition coefficient (Wildman–Crippen LogP) is 3.39. The molecule has 0 aliphatic carbocycles. The van der Waals surface area contributed by atoms with Crippen LogP contribution in [0.3, 0.4) is 0 Å². The Morgan fingerprint density at radius 2 is 2.10 bits per heavy atom. The van der Waals surface area contributed by atoms with Crippen molar-refractivity contribution in [3.05, 3.63) is 40.7 Å². The Bertz CT molecular complexity index is 882. The van der Waals surface area contributed by atoms with Crippen molar-refractivity contribution in [2.24, 2.45) is 5.92 Å². The van der Waals surface area contributed by atoms with E-state index in [2.05, 4.69) is 22.6 Å². The van der Waals surface area contributed by atoms with Gasteiger partial charge in [-0.05, 0) is 51.3 Å². The van der Waals surface area contributed by atoms with E-state index in [4.69, 9.17) is 11.6 Å². The van der Waals surface area contributed by atoms with E-state index in [0.717, 1.165) is 31.4 Å². The summed E-state index contributed by atoms with van der Waals surface area (Å²) in [7, 11) is 0. The molecule has 2 aromatic rings. The molecule has 1 saturated heterocycles. The van der Waals surface area contributed by atoms with E-state index < -0.39 is 0 Å². The van der Waals surface area contributed by atoms with Gasteiger partial charge in [0.1, 0.15) is 0 Å². The van der Waals surface area contributed by atoms with Crippen molar-refractivity contribution < 1.29 is 9.59 Å². The first-order valence-electron chi connectivity index (χ1n) is 10.2. The molecule has 8 heteroatoms. The van der Waals surface area contributed by atoms with Crippen molar-refractivity contribution in [2.75, 3.05) is 13.1 Å². The molecular formula is C21H28ClN5O2. The third-order valence-corrected chi connectivity index (χ3v) is 5.73. The van der Waals surface area contributed by atoms with Gasteiger partial charge in [-0.1, -0.05) is 36.2 Å². The van der Waals surface area contributed by atoms with Crippen LogP contribution in [0.2, 0.25) is 5.02 Å². The van der Waals surface area contributed by atoms with Crippen LogP contribution >= 0.6 is 11.6 Å². The quantitative estimate of drug-likeness (QED) is 0.730. The van der Waals surface area contributed by atoms with Gasteiger partial charge in [0.15, 0.2) is 5.69 Å². The summed E-state index contributed by atoms with van der Waals surface area (Å²) in [5.74, 6) is -0.341. The standard InChI is InChI=1S/C21H28ClN5O2/c1-4-5-11-23-20(28)16-10-9-14(2)26(13-16)21(29)19-15(3)27(25-24-19)18-8-6-7-17(22)12-18/h6-8,12,14,16H,4-5,9-11,13H2,1-3H3,(H,23,28). The lowest BCUT2D eigenvalue weighted by Crippen LogP contribution is -2.49. The van der Waals surface area contributed by atoms with E-state index in [0.29, 0.717) is 29.5 Å². The Kier molecular flexibility index (Phi) is 6.90. The fourth-order valence-corrected chi connectivity index (χ4v) is 3.84. The summed E-state index contributed by atoms with van der Waals surface area (Å²) in [6.07, 6.45) is 3.58. The zero-order valence-corrected chi connectivity index (χ0v) is 17.9. The molecule has 156 valence electrons. The number of carbonyl (C=O) groups excluding carboxylic acids is 2. The van der Waals surface area contributed by atoms with Gasteiger partial charge in [-0.15, -0.1) is 5.10 Å². The Morgan fingerprint density at radius 1 is 1.31 bits per heavy atom. The molecule has 1 aromatic heterocycles. The van der Waals surface area contributed by atoms with Gasteiger partial charge in [0.2, 0.25) is 5.91 Å². The minimum absolute atomic E-state index is 0.0300. The highest BCUT2D eigenvalue weighted by Crippen LogP contribution is 2.25. The molecule has 7 nitrogen and oxygen atoms in total. The summed E-state index contributed by atoms with van der Waals surface area (Å²) in [6.45, 7) is 7.01. The van der Waals surface area contributed by atoms with Gasteiger partial charge in [0.05, 0.1) is 17.3 Å². The van der Waals surface area contributed by atoms with Crippen molar-refractivity contribution in [3.63, 3.8) is 0 Å². The zero-order valence-electron chi connectivity index (χ0n) is 17.2. The Hall–Kier alpha value is -2.41. The topological polar surface area (TPSA) is 80.1 Å². The number of hydrogen-bond acceptors (Lipinski definition) is 4. The number of piperidine rings is 1. The second-order valence-corrected chi connectivity index (χ2v) is 8.08. The van der Waals surface area contributed by atoms with E-state index in [1.165, 1.54) is 0 Å². The van der Waals surface area contributed by atoms with Crippen LogP contribution in [0.25, 0.3) is 5.69 Å². The molecule has 2 atom stereocenters. The van der Waals surface area contributed by atoms with Crippen LogP contribution in [0.4, 0.5) is 0 Å².